The lowest BCUT2D eigenvalue weighted by Gasteiger charge is -2.39. The monoisotopic (exact) mass is 275 g/mol. The Bertz CT molecular complexity index is 421. The van der Waals surface area contributed by atoms with Crippen LogP contribution in [0, 0.1) is 5.92 Å². The first-order valence-electron chi connectivity index (χ1n) is 7.63. The molecule has 1 aromatic heterocycles. The molecule has 2 rings (SSSR count). The van der Waals surface area contributed by atoms with Crippen LogP contribution in [-0.2, 0) is 11.2 Å². The zero-order valence-electron chi connectivity index (χ0n) is 12.3. The molecule has 1 aliphatic heterocycles. The molecule has 0 aliphatic carbocycles. The van der Waals surface area contributed by atoms with Crippen molar-refractivity contribution in [2.75, 3.05) is 13.1 Å². The van der Waals surface area contributed by atoms with Gasteiger partial charge in [-0.2, -0.15) is 0 Å². The number of rotatable bonds is 5. The van der Waals surface area contributed by atoms with Crippen LogP contribution in [0.1, 0.15) is 38.2 Å². The summed E-state index contributed by atoms with van der Waals surface area (Å²) in [6.45, 7) is 3.67. The fraction of sp³-hybridized carbons (Fsp3) is 0.625. The van der Waals surface area contributed by atoms with Gasteiger partial charge in [-0.3, -0.25) is 9.78 Å². The smallest absolute Gasteiger partial charge is 0.223 e. The van der Waals surface area contributed by atoms with Crippen LogP contribution in [0.25, 0.3) is 0 Å². The number of carbonyl (C=O) groups excluding carboxylic acids is 1. The van der Waals surface area contributed by atoms with Crippen LogP contribution in [0.5, 0.6) is 0 Å². The number of likely N-dealkylation sites (tertiary alicyclic amines) is 1. The summed E-state index contributed by atoms with van der Waals surface area (Å²) in [6.07, 6.45) is 8.27. The Morgan fingerprint density at radius 3 is 3.05 bits per heavy atom. The third-order valence-electron chi connectivity index (χ3n) is 4.34. The molecule has 1 aliphatic rings. The molecule has 1 saturated heterocycles. The van der Waals surface area contributed by atoms with Gasteiger partial charge >= 0.3 is 0 Å². The summed E-state index contributed by atoms with van der Waals surface area (Å²) in [5, 5.41) is 0. The predicted molar refractivity (Wildman–Crippen MR) is 80.1 cm³/mol. The SMILES string of the molecule is CCC1CCN(C(=O)CCc2cccnc2)C(CN)C1. The molecular formula is C16H25N3O. The Balaban J connectivity index is 1.88. The normalized spacial score (nSPS) is 22.8. The highest BCUT2D eigenvalue weighted by Gasteiger charge is 2.29. The van der Waals surface area contributed by atoms with Gasteiger partial charge in [0.2, 0.25) is 5.91 Å². The van der Waals surface area contributed by atoms with Gasteiger partial charge in [-0.05, 0) is 36.8 Å². The van der Waals surface area contributed by atoms with E-state index in [2.05, 4.69) is 11.9 Å². The van der Waals surface area contributed by atoms with Crippen LogP contribution < -0.4 is 5.73 Å². The lowest BCUT2D eigenvalue weighted by molar-refractivity contribution is -0.135. The second-order valence-electron chi connectivity index (χ2n) is 5.64. The number of hydrogen-bond donors (Lipinski definition) is 1. The summed E-state index contributed by atoms with van der Waals surface area (Å²) in [5.74, 6) is 0.963. The van der Waals surface area contributed by atoms with Gasteiger partial charge in [-0.15, -0.1) is 0 Å². The molecule has 0 bridgehead atoms. The Morgan fingerprint density at radius 1 is 1.55 bits per heavy atom. The van der Waals surface area contributed by atoms with Crippen molar-refractivity contribution in [3.05, 3.63) is 30.1 Å². The molecule has 110 valence electrons. The number of piperidine rings is 1. The topological polar surface area (TPSA) is 59.2 Å². The van der Waals surface area contributed by atoms with Crippen LogP contribution in [0.2, 0.25) is 0 Å². The van der Waals surface area contributed by atoms with Crippen molar-refractivity contribution >= 4 is 5.91 Å². The lowest BCUT2D eigenvalue weighted by atomic mass is 9.88. The van der Waals surface area contributed by atoms with Gasteiger partial charge in [0.15, 0.2) is 0 Å². The van der Waals surface area contributed by atoms with E-state index in [1.807, 2.05) is 23.2 Å². The number of aryl methyl sites for hydroxylation is 1. The molecule has 0 spiro atoms. The zero-order valence-corrected chi connectivity index (χ0v) is 12.3. The van der Waals surface area contributed by atoms with E-state index < -0.39 is 0 Å². The molecule has 4 nitrogen and oxygen atoms in total. The van der Waals surface area contributed by atoms with E-state index in [1.165, 1.54) is 6.42 Å². The third-order valence-corrected chi connectivity index (χ3v) is 4.34. The molecule has 2 N–H and O–H groups in total. The minimum Gasteiger partial charge on any atom is -0.338 e. The van der Waals surface area contributed by atoms with Gasteiger partial charge in [-0.25, -0.2) is 0 Å². The van der Waals surface area contributed by atoms with Crippen molar-refractivity contribution in [2.45, 2.75) is 45.1 Å². The summed E-state index contributed by atoms with van der Waals surface area (Å²) >= 11 is 0. The molecule has 0 aromatic carbocycles. The molecule has 2 atom stereocenters. The minimum absolute atomic E-state index is 0.232. The maximum Gasteiger partial charge on any atom is 0.223 e. The van der Waals surface area contributed by atoms with Gasteiger partial charge in [0, 0.05) is 37.9 Å². The molecule has 1 amide bonds. The Kier molecular flexibility index (Phi) is 5.53. The molecular weight excluding hydrogens is 250 g/mol. The maximum absolute atomic E-state index is 12.4. The van der Waals surface area contributed by atoms with Crippen molar-refractivity contribution in [1.82, 2.24) is 9.88 Å². The number of aromatic nitrogens is 1. The number of amides is 1. The van der Waals surface area contributed by atoms with Crippen molar-refractivity contribution in [1.29, 1.82) is 0 Å². The summed E-state index contributed by atoms with van der Waals surface area (Å²) in [7, 11) is 0. The molecule has 4 heteroatoms. The predicted octanol–water partition coefficient (Wildman–Crippen LogP) is 1.99. The van der Waals surface area contributed by atoms with Crippen molar-refractivity contribution in [2.24, 2.45) is 11.7 Å². The van der Waals surface area contributed by atoms with Gasteiger partial charge in [0.25, 0.3) is 0 Å². The van der Waals surface area contributed by atoms with Crippen molar-refractivity contribution in [3.63, 3.8) is 0 Å². The summed E-state index contributed by atoms with van der Waals surface area (Å²) in [4.78, 5) is 18.5. The molecule has 0 radical (unpaired) electrons. The maximum atomic E-state index is 12.4. The minimum atomic E-state index is 0.232. The number of pyridine rings is 1. The summed E-state index contributed by atoms with van der Waals surface area (Å²) < 4.78 is 0. The number of carbonyl (C=O) groups is 1. The first-order chi connectivity index (χ1) is 9.74. The molecule has 1 aromatic rings. The van der Waals surface area contributed by atoms with E-state index in [0.717, 1.165) is 37.3 Å². The lowest BCUT2D eigenvalue weighted by Crippen LogP contribution is -2.49. The molecule has 20 heavy (non-hydrogen) atoms. The Hall–Kier alpha value is -1.42. The third kappa shape index (κ3) is 3.79. The van der Waals surface area contributed by atoms with Gasteiger partial charge < -0.3 is 10.6 Å². The van der Waals surface area contributed by atoms with Crippen LogP contribution in [0.4, 0.5) is 0 Å². The number of nitrogens with two attached hydrogens (primary N) is 1. The number of hydrogen-bond acceptors (Lipinski definition) is 3. The molecule has 1 fully saturated rings. The van der Waals surface area contributed by atoms with E-state index in [1.54, 1.807) is 6.20 Å². The molecule has 2 heterocycles. The fourth-order valence-corrected chi connectivity index (χ4v) is 3.00. The van der Waals surface area contributed by atoms with E-state index >= 15 is 0 Å². The average Bonchev–Trinajstić information content (AvgIpc) is 2.52. The van der Waals surface area contributed by atoms with Gasteiger partial charge in [0.05, 0.1) is 0 Å². The first-order valence-corrected chi connectivity index (χ1v) is 7.63. The van der Waals surface area contributed by atoms with E-state index in [0.29, 0.717) is 13.0 Å². The van der Waals surface area contributed by atoms with E-state index in [4.69, 9.17) is 5.73 Å². The molecule has 2 unspecified atom stereocenters. The second kappa shape index (κ2) is 7.39. The largest absolute Gasteiger partial charge is 0.338 e. The fourth-order valence-electron chi connectivity index (χ4n) is 3.00. The Labute approximate surface area is 121 Å². The van der Waals surface area contributed by atoms with E-state index in [9.17, 15) is 4.79 Å². The average molecular weight is 275 g/mol. The van der Waals surface area contributed by atoms with Crippen LogP contribution in [0.15, 0.2) is 24.5 Å². The standard InChI is InChI=1S/C16H25N3O/c1-2-13-7-9-19(15(10-13)11-17)16(20)6-5-14-4-3-8-18-12-14/h3-4,8,12-13,15H,2,5-7,9-11,17H2,1H3. The highest BCUT2D eigenvalue weighted by atomic mass is 16.2. The first kappa shape index (κ1) is 15.0. The van der Waals surface area contributed by atoms with Crippen LogP contribution in [-0.4, -0.2) is 34.9 Å². The van der Waals surface area contributed by atoms with Crippen LogP contribution >= 0.6 is 0 Å². The quantitative estimate of drug-likeness (QED) is 0.894. The highest BCUT2D eigenvalue weighted by Crippen LogP contribution is 2.25. The van der Waals surface area contributed by atoms with Crippen molar-refractivity contribution in [3.8, 4) is 0 Å². The van der Waals surface area contributed by atoms with Crippen molar-refractivity contribution < 1.29 is 4.79 Å². The summed E-state index contributed by atoms with van der Waals surface area (Å²) in [5.41, 5.74) is 6.97. The second-order valence-corrected chi connectivity index (χ2v) is 5.64. The zero-order chi connectivity index (χ0) is 14.4. The summed E-state index contributed by atoms with van der Waals surface area (Å²) in [6, 6.07) is 4.16. The molecule has 0 saturated carbocycles. The van der Waals surface area contributed by atoms with Crippen LogP contribution in [0.3, 0.4) is 0 Å². The Morgan fingerprint density at radius 2 is 2.40 bits per heavy atom. The van der Waals surface area contributed by atoms with E-state index in [-0.39, 0.29) is 11.9 Å². The number of nitrogens with zero attached hydrogens (tertiary/aromatic N) is 2. The van der Waals surface area contributed by atoms with Gasteiger partial charge in [0.1, 0.15) is 0 Å². The highest BCUT2D eigenvalue weighted by molar-refractivity contribution is 5.77. The van der Waals surface area contributed by atoms with Gasteiger partial charge in [-0.1, -0.05) is 19.4 Å².